The molecule has 1 aromatic heterocycles. The molecule has 0 bridgehead atoms. The van der Waals surface area contributed by atoms with Gasteiger partial charge in [0.05, 0.1) is 6.54 Å². The smallest absolute Gasteiger partial charge is 0.383 e. The van der Waals surface area contributed by atoms with Crippen LogP contribution in [0.1, 0.15) is 25.8 Å². The van der Waals surface area contributed by atoms with E-state index >= 15 is 0 Å². The third kappa shape index (κ3) is 10.9. The van der Waals surface area contributed by atoms with Crippen LogP contribution in [0.3, 0.4) is 0 Å². The Bertz CT molecular complexity index is 497. The molecule has 0 amide bonds. The molecule has 3 N–H and O–H groups in total. The largest absolute Gasteiger partial charge is 0.411 e. The minimum absolute atomic E-state index is 0. The molecular weight excluding hydrogens is 470 g/mol. The number of guanidine groups is 1. The highest BCUT2D eigenvalue weighted by atomic mass is 127. The first-order chi connectivity index (χ1) is 11.2. The maximum Gasteiger partial charge on any atom is 0.411 e. The van der Waals surface area contributed by atoms with Gasteiger partial charge in [0.1, 0.15) is 12.2 Å². The number of thiophene rings is 1. The van der Waals surface area contributed by atoms with Crippen molar-refractivity contribution in [3.05, 3.63) is 22.4 Å². The third-order valence-electron chi connectivity index (χ3n) is 3.06. The van der Waals surface area contributed by atoms with Gasteiger partial charge in [-0.1, -0.05) is 0 Å². The third-order valence-corrected chi connectivity index (χ3v) is 3.74. The number of hydrogen-bond acceptors (Lipinski definition) is 4. The molecule has 0 spiro atoms. The van der Waals surface area contributed by atoms with Gasteiger partial charge in [-0.15, -0.1) is 24.0 Å². The Kier molecular flexibility index (Phi) is 11.6. The fraction of sp³-hybridized carbons (Fsp3) is 0.667. The van der Waals surface area contributed by atoms with Gasteiger partial charge in [-0.3, -0.25) is 0 Å². The van der Waals surface area contributed by atoms with Crippen molar-refractivity contribution in [2.45, 2.75) is 32.0 Å². The van der Waals surface area contributed by atoms with Crippen molar-refractivity contribution in [2.24, 2.45) is 4.99 Å². The summed E-state index contributed by atoms with van der Waals surface area (Å²) in [6, 6.07) is 1.85. The lowest BCUT2D eigenvalue weighted by atomic mass is 10.00. The zero-order valence-corrected chi connectivity index (χ0v) is 17.4. The second-order valence-corrected chi connectivity index (χ2v) is 6.21. The molecule has 1 unspecified atom stereocenters. The average molecular weight is 495 g/mol. The summed E-state index contributed by atoms with van der Waals surface area (Å²) in [5, 5.41) is 20.2. The standard InChI is InChI=1S/C15H24F3N3O2S.HI/c1-3-19-13(20-6-4-7-23-11-15(16,17)18)21-10-14(2,22)12-5-8-24-9-12;/h5,8-9,22H,3-4,6-7,10-11H2,1-2H3,(H2,19,20,21);1H. The summed E-state index contributed by atoms with van der Waals surface area (Å²) in [4.78, 5) is 4.33. The van der Waals surface area contributed by atoms with Crippen LogP contribution in [0.4, 0.5) is 13.2 Å². The highest BCUT2D eigenvalue weighted by molar-refractivity contribution is 14.0. The fourth-order valence-corrected chi connectivity index (χ4v) is 2.59. The average Bonchev–Trinajstić information content (AvgIpc) is 3.02. The number of alkyl halides is 3. The number of aliphatic imine (C=N–C) groups is 1. The summed E-state index contributed by atoms with van der Waals surface area (Å²) < 4.78 is 40.3. The first kappa shape index (κ1) is 24.4. The topological polar surface area (TPSA) is 65.9 Å². The van der Waals surface area contributed by atoms with Gasteiger partial charge in [0.25, 0.3) is 0 Å². The number of halogens is 4. The summed E-state index contributed by atoms with van der Waals surface area (Å²) in [6.07, 6.45) is -3.88. The van der Waals surface area contributed by atoms with Crippen LogP contribution in [0.25, 0.3) is 0 Å². The highest BCUT2D eigenvalue weighted by Crippen LogP contribution is 2.23. The molecule has 0 aromatic carbocycles. The van der Waals surface area contributed by atoms with Gasteiger partial charge in [0.2, 0.25) is 0 Å². The molecule has 0 aliphatic rings. The summed E-state index contributed by atoms with van der Waals surface area (Å²) >= 11 is 1.50. The first-order valence-electron chi connectivity index (χ1n) is 7.66. The second-order valence-electron chi connectivity index (χ2n) is 5.43. The molecule has 1 aromatic rings. The van der Waals surface area contributed by atoms with Crippen LogP contribution in [-0.4, -0.2) is 50.1 Å². The number of aliphatic hydroxyl groups is 1. The van der Waals surface area contributed by atoms with Crippen LogP contribution in [0.2, 0.25) is 0 Å². The Labute approximate surface area is 167 Å². The van der Waals surface area contributed by atoms with E-state index in [1.54, 1.807) is 6.92 Å². The van der Waals surface area contributed by atoms with Gasteiger partial charge in [-0.2, -0.15) is 24.5 Å². The molecule has 0 aliphatic heterocycles. The van der Waals surface area contributed by atoms with E-state index in [1.165, 1.54) is 11.3 Å². The Hall–Kier alpha value is -0.590. The number of nitrogens with one attached hydrogen (secondary N) is 2. The molecule has 146 valence electrons. The lowest BCUT2D eigenvalue weighted by Gasteiger charge is -2.21. The van der Waals surface area contributed by atoms with Crippen LogP contribution >= 0.6 is 35.3 Å². The quantitative estimate of drug-likeness (QED) is 0.213. The van der Waals surface area contributed by atoms with Crippen LogP contribution in [0.5, 0.6) is 0 Å². The van der Waals surface area contributed by atoms with E-state index in [9.17, 15) is 18.3 Å². The van der Waals surface area contributed by atoms with Crippen molar-refractivity contribution in [3.63, 3.8) is 0 Å². The maximum absolute atomic E-state index is 11.9. The minimum Gasteiger partial charge on any atom is -0.383 e. The van der Waals surface area contributed by atoms with Gasteiger partial charge in [0, 0.05) is 19.7 Å². The van der Waals surface area contributed by atoms with Crippen molar-refractivity contribution in [1.82, 2.24) is 10.6 Å². The predicted octanol–water partition coefficient (Wildman–Crippen LogP) is 3.10. The highest BCUT2D eigenvalue weighted by Gasteiger charge is 2.27. The van der Waals surface area contributed by atoms with Crippen molar-refractivity contribution in [1.29, 1.82) is 0 Å². The lowest BCUT2D eigenvalue weighted by Crippen LogP contribution is -2.39. The van der Waals surface area contributed by atoms with Gasteiger partial charge in [0.15, 0.2) is 5.96 Å². The fourth-order valence-electron chi connectivity index (χ4n) is 1.81. The zero-order chi connectivity index (χ0) is 18.1. The molecule has 0 saturated heterocycles. The van der Waals surface area contributed by atoms with Crippen LogP contribution in [-0.2, 0) is 10.3 Å². The van der Waals surface area contributed by atoms with E-state index in [1.807, 2.05) is 23.8 Å². The van der Waals surface area contributed by atoms with Crippen molar-refractivity contribution in [2.75, 3.05) is 32.8 Å². The number of nitrogens with zero attached hydrogens (tertiary/aromatic N) is 1. The monoisotopic (exact) mass is 495 g/mol. The molecular formula is C15H25F3IN3O2S. The molecule has 0 radical (unpaired) electrons. The molecule has 1 rings (SSSR count). The maximum atomic E-state index is 11.9. The number of rotatable bonds is 9. The van der Waals surface area contributed by atoms with Crippen LogP contribution in [0, 0.1) is 0 Å². The molecule has 0 aliphatic carbocycles. The molecule has 1 atom stereocenters. The Balaban J connectivity index is 0.00000576. The van der Waals surface area contributed by atoms with E-state index in [0.29, 0.717) is 25.5 Å². The lowest BCUT2D eigenvalue weighted by molar-refractivity contribution is -0.173. The Morgan fingerprint density at radius 2 is 2.08 bits per heavy atom. The zero-order valence-electron chi connectivity index (χ0n) is 14.2. The van der Waals surface area contributed by atoms with Gasteiger partial charge in [-0.25, -0.2) is 4.99 Å². The molecule has 5 nitrogen and oxygen atoms in total. The van der Waals surface area contributed by atoms with Crippen molar-refractivity contribution < 1.29 is 23.0 Å². The summed E-state index contributed by atoms with van der Waals surface area (Å²) in [5.41, 5.74) is -0.273. The Morgan fingerprint density at radius 1 is 1.36 bits per heavy atom. The van der Waals surface area contributed by atoms with E-state index < -0.39 is 18.4 Å². The minimum atomic E-state index is -4.29. The number of hydrogen-bond donors (Lipinski definition) is 3. The van der Waals surface area contributed by atoms with Gasteiger partial charge >= 0.3 is 6.18 Å². The summed E-state index contributed by atoms with van der Waals surface area (Å²) in [7, 11) is 0. The van der Waals surface area contributed by atoms with Crippen LogP contribution < -0.4 is 10.6 Å². The summed E-state index contributed by atoms with van der Waals surface area (Å²) in [5.74, 6) is 0.504. The molecule has 25 heavy (non-hydrogen) atoms. The SMILES string of the molecule is CCNC(=NCC(C)(O)c1ccsc1)NCCCOCC(F)(F)F.I. The van der Waals surface area contributed by atoms with E-state index in [-0.39, 0.29) is 37.1 Å². The van der Waals surface area contributed by atoms with E-state index in [4.69, 9.17) is 0 Å². The van der Waals surface area contributed by atoms with E-state index in [0.717, 1.165) is 5.56 Å². The van der Waals surface area contributed by atoms with Crippen molar-refractivity contribution >= 4 is 41.3 Å². The predicted molar refractivity (Wildman–Crippen MR) is 105 cm³/mol. The molecule has 0 saturated carbocycles. The first-order valence-corrected chi connectivity index (χ1v) is 8.60. The normalized spacial score (nSPS) is 14.6. The van der Waals surface area contributed by atoms with Gasteiger partial charge < -0.3 is 20.5 Å². The second kappa shape index (κ2) is 11.9. The number of ether oxygens (including phenoxy) is 1. The van der Waals surface area contributed by atoms with E-state index in [2.05, 4.69) is 20.4 Å². The Morgan fingerprint density at radius 3 is 2.64 bits per heavy atom. The van der Waals surface area contributed by atoms with Crippen molar-refractivity contribution in [3.8, 4) is 0 Å². The molecule has 0 fully saturated rings. The molecule has 1 heterocycles. The molecule has 10 heteroatoms. The van der Waals surface area contributed by atoms with Gasteiger partial charge in [-0.05, 0) is 42.7 Å². The van der Waals surface area contributed by atoms with Crippen LogP contribution in [0.15, 0.2) is 21.8 Å². The summed E-state index contributed by atoms with van der Waals surface area (Å²) in [6.45, 7) is 3.60.